The molecule has 11 nitrogen and oxygen atoms in total. The third kappa shape index (κ3) is 5.97. The SMILES string of the molecule is COC(=O)C1CCC(N2CCN(C(=O)CCN3CCN4c5cc(-c6ccccc6O)nnc5NC[C@H]4C3)CC2)CC1. The van der Waals surface area contributed by atoms with Crippen LogP contribution in [-0.4, -0.2) is 120 Å². The van der Waals surface area contributed by atoms with E-state index in [1.807, 2.05) is 23.1 Å². The molecule has 4 heterocycles. The van der Waals surface area contributed by atoms with Crippen molar-refractivity contribution < 1.29 is 19.4 Å². The Kier molecular flexibility index (Phi) is 8.25. The molecular formula is C30H41N7O4. The number of nitrogens with zero attached hydrogens (tertiary/aromatic N) is 6. The van der Waals surface area contributed by atoms with Crippen LogP contribution in [0.1, 0.15) is 32.1 Å². The molecule has 1 aliphatic carbocycles. The van der Waals surface area contributed by atoms with Crippen LogP contribution in [0.25, 0.3) is 11.3 Å². The molecule has 0 unspecified atom stereocenters. The number of anilines is 2. The lowest BCUT2D eigenvalue weighted by Crippen LogP contribution is -2.58. The van der Waals surface area contributed by atoms with E-state index in [0.717, 1.165) is 96.1 Å². The van der Waals surface area contributed by atoms with Gasteiger partial charge in [0, 0.05) is 76.9 Å². The molecule has 1 aromatic heterocycles. The van der Waals surface area contributed by atoms with Crippen molar-refractivity contribution in [2.45, 2.75) is 44.2 Å². The summed E-state index contributed by atoms with van der Waals surface area (Å²) in [6.07, 6.45) is 4.41. The molecule has 1 saturated carbocycles. The first-order chi connectivity index (χ1) is 20.0. The molecule has 220 valence electrons. The van der Waals surface area contributed by atoms with Gasteiger partial charge in [0.05, 0.1) is 30.5 Å². The van der Waals surface area contributed by atoms with Crippen molar-refractivity contribution in [3.8, 4) is 17.0 Å². The number of nitrogens with one attached hydrogen (secondary N) is 1. The Morgan fingerprint density at radius 2 is 1.78 bits per heavy atom. The van der Waals surface area contributed by atoms with Crippen LogP contribution < -0.4 is 10.2 Å². The van der Waals surface area contributed by atoms with E-state index in [2.05, 4.69) is 30.2 Å². The second kappa shape index (κ2) is 12.2. The Morgan fingerprint density at radius 3 is 2.54 bits per heavy atom. The summed E-state index contributed by atoms with van der Waals surface area (Å²) in [6, 6.07) is 10.0. The minimum atomic E-state index is -0.0718. The smallest absolute Gasteiger partial charge is 0.308 e. The van der Waals surface area contributed by atoms with Crippen LogP contribution in [0.2, 0.25) is 0 Å². The van der Waals surface area contributed by atoms with Gasteiger partial charge in [-0.25, -0.2) is 0 Å². The molecule has 6 rings (SSSR count). The zero-order valence-electron chi connectivity index (χ0n) is 23.9. The number of ether oxygens (including phenoxy) is 1. The molecule has 2 N–H and O–H groups in total. The Hall–Kier alpha value is -3.44. The average molecular weight is 564 g/mol. The summed E-state index contributed by atoms with van der Waals surface area (Å²) in [5, 5.41) is 22.5. The van der Waals surface area contributed by atoms with Crippen LogP contribution in [-0.2, 0) is 14.3 Å². The normalized spacial score (nSPS) is 25.1. The van der Waals surface area contributed by atoms with E-state index >= 15 is 0 Å². The number of phenols is 1. The van der Waals surface area contributed by atoms with E-state index in [9.17, 15) is 14.7 Å². The Balaban J connectivity index is 0.967. The van der Waals surface area contributed by atoms with Gasteiger partial charge in [0.15, 0.2) is 5.82 Å². The summed E-state index contributed by atoms with van der Waals surface area (Å²) in [6.45, 7) is 7.58. The Bertz CT molecular complexity index is 1240. The van der Waals surface area contributed by atoms with Crippen molar-refractivity contribution in [3.05, 3.63) is 30.3 Å². The summed E-state index contributed by atoms with van der Waals surface area (Å²) in [5.41, 5.74) is 2.35. The maximum atomic E-state index is 13.1. The highest BCUT2D eigenvalue weighted by molar-refractivity contribution is 5.77. The fourth-order valence-electron chi connectivity index (χ4n) is 6.97. The van der Waals surface area contributed by atoms with E-state index in [1.165, 1.54) is 7.11 Å². The highest BCUT2D eigenvalue weighted by Gasteiger charge is 2.34. The lowest BCUT2D eigenvalue weighted by Gasteiger charge is -2.46. The Labute approximate surface area is 241 Å². The number of aromatic hydroxyl groups is 1. The van der Waals surface area contributed by atoms with Crippen molar-refractivity contribution >= 4 is 23.4 Å². The second-order valence-electron chi connectivity index (χ2n) is 11.7. The quantitative estimate of drug-likeness (QED) is 0.506. The molecule has 1 amide bonds. The van der Waals surface area contributed by atoms with Crippen molar-refractivity contribution in [3.63, 3.8) is 0 Å². The van der Waals surface area contributed by atoms with Gasteiger partial charge in [0.2, 0.25) is 5.91 Å². The van der Waals surface area contributed by atoms with Crippen LogP contribution in [0, 0.1) is 5.92 Å². The number of fused-ring (bicyclic) bond motifs is 3. The lowest BCUT2D eigenvalue weighted by atomic mass is 9.85. The van der Waals surface area contributed by atoms with E-state index in [1.54, 1.807) is 12.1 Å². The number of amides is 1. The average Bonchev–Trinajstić information content (AvgIpc) is 3.03. The van der Waals surface area contributed by atoms with Gasteiger partial charge in [0.1, 0.15) is 5.75 Å². The monoisotopic (exact) mass is 563 g/mol. The van der Waals surface area contributed by atoms with Crippen LogP contribution in [0.15, 0.2) is 30.3 Å². The number of piperazine rings is 2. The summed E-state index contributed by atoms with van der Waals surface area (Å²) >= 11 is 0. The van der Waals surface area contributed by atoms with E-state index < -0.39 is 0 Å². The number of hydrogen-bond donors (Lipinski definition) is 2. The molecule has 0 radical (unpaired) electrons. The van der Waals surface area contributed by atoms with Gasteiger partial charge in [-0.2, -0.15) is 0 Å². The van der Waals surface area contributed by atoms with Crippen LogP contribution in [0.5, 0.6) is 5.75 Å². The maximum absolute atomic E-state index is 13.1. The van der Waals surface area contributed by atoms with Crippen LogP contribution in [0.4, 0.5) is 11.5 Å². The molecule has 0 spiro atoms. The summed E-state index contributed by atoms with van der Waals surface area (Å²) < 4.78 is 4.92. The minimum absolute atomic E-state index is 0.0509. The van der Waals surface area contributed by atoms with Crippen molar-refractivity contribution in [1.29, 1.82) is 0 Å². The number of phenolic OH excluding ortho intramolecular Hbond substituents is 1. The van der Waals surface area contributed by atoms with Gasteiger partial charge >= 0.3 is 5.97 Å². The van der Waals surface area contributed by atoms with Crippen LogP contribution >= 0.6 is 0 Å². The zero-order valence-corrected chi connectivity index (χ0v) is 23.9. The number of carbonyl (C=O) groups excluding carboxylic acids is 2. The predicted molar refractivity (Wildman–Crippen MR) is 156 cm³/mol. The molecule has 0 bridgehead atoms. The molecular weight excluding hydrogens is 522 g/mol. The third-order valence-electron chi connectivity index (χ3n) is 9.39. The van der Waals surface area contributed by atoms with Gasteiger partial charge in [-0.1, -0.05) is 12.1 Å². The fraction of sp³-hybridized carbons (Fsp3) is 0.600. The van der Waals surface area contributed by atoms with Crippen molar-refractivity contribution in [1.82, 2.24) is 24.9 Å². The minimum Gasteiger partial charge on any atom is -0.507 e. The summed E-state index contributed by atoms with van der Waals surface area (Å²) in [4.78, 5) is 34.3. The van der Waals surface area contributed by atoms with Gasteiger partial charge in [-0.3, -0.25) is 19.4 Å². The second-order valence-corrected chi connectivity index (χ2v) is 11.7. The number of rotatable bonds is 6. The summed E-state index contributed by atoms with van der Waals surface area (Å²) in [5.74, 6) is 1.20. The molecule has 1 atom stereocenters. The van der Waals surface area contributed by atoms with Gasteiger partial charge in [0.25, 0.3) is 0 Å². The molecule has 41 heavy (non-hydrogen) atoms. The largest absolute Gasteiger partial charge is 0.507 e. The van der Waals surface area contributed by atoms with E-state index in [-0.39, 0.29) is 29.6 Å². The first-order valence-electron chi connectivity index (χ1n) is 15.0. The molecule has 3 fully saturated rings. The zero-order chi connectivity index (χ0) is 28.3. The number of hydrogen-bond acceptors (Lipinski definition) is 10. The number of benzene rings is 1. The van der Waals surface area contributed by atoms with Crippen molar-refractivity contribution in [2.24, 2.45) is 5.92 Å². The standard InChI is InChI=1S/C30H41N7O4/c1-41-30(40)21-6-8-22(9-7-21)35-13-15-36(16-14-35)28(39)10-11-34-12-17-37-23(20-34)19-31-29-26(37)18-25(32-33-29)24-4-2-3-5-27(24)38/h2-5,18,21-23,38H,6-17,19-20H2,1H3,(H,31,33)/t21?,22?,23-/m0/s1. The first-order valence-corrected chi connectivity index (χ1v) is 15.0. The van der Waals surface area contributed by atoms with Gasteiger partial charge in [-0.15, -0.1) is 10.2 Å². The van der Waals surface area contributed by atoms with Gasteiger partial charge in [-0.05, 0) is 43.9 Å². The molecule has 3 aliphatic heterocycles. The van der Waals surface area contributed by atoms with E-state index in [4.69, 9.17) is 4.74 Å². The fourth-order valence-corrected chi connectivity index (χ4v) is 6.97. The summed E-state index contributed by atoms with van der Waals surface area (Å²) in [7, 11) is 1.47. The molecule has 4 aliphatic rings. The first kappa shape index (κ1) is 27.7. The molecule has 2 saturated heterocycles. The molecule has 11 heteroatoms. The topological polar surface area (TPSA) is 114 Å². The maximum Gasteiger partial charge on any atom is 0.308 e. The predicted octanol–water partition coefficient (Wildman–Crippen LogP) is 2.03. The van der Waals surface area contributed by atoms with E-state index in [0.29, 0.717) is 23.7 Å². The highest BCUT2D eigenvalue weighted by Crippen LogP contribution is 2.36. The number of carbonyl (C=O) groups is 2. The number of esters is 1. The number of aromatic nitrogens is 2. The van der Waals surface area contributed by atoms with Crippen LogP contribution in [0.3, 0.4) is 0 Å². The van der Waals surface area contributed by atoms with Crippen molar-refractivity contribution in [2.75, 3.05) is 76.2 Å². The van der Waals surface area contributed by atoms with Gasteiger partial charge < -0.3 is 25.0 Å². The highest BCUT2D eigenvalue weighted by atomic mass is 16.5. The third-order valence-corrected chi connectivity index (χ3v) is 9.39. The number of methoxy groups -OCH3 is 1. The number of para-hydroxylation sites is 1. The molecule has 2 aromatic rings. The lowest BCUT2D eigenvalue weighted by molar-refractivity contribution is -0.147. The molecule has 1 aromatic carbocycles. The Morgan fingerprint density at radius 1 is 1.00 bits per heavy atom.